The molecule has 0 atom stereocenters. The molecule has 2 aromatic carbocycles. The SMILES string of the molecule is Cc1nc2ccc(C(=O)O)nc2n1Cc1ccc(NC(=O)c2ccccc2)cc1Cl. The molecule has 0 aliphatic heterocycles. The molecule has 8 heteroatoms. The molecule has 4 aromatic rings. The number of carboxylic acid groups (broad SMARTS) is 1. The number of nitrogens with zero attached hydrogens (tertiary/aromatic N) is 3. The molecule has 0 radical (unpaired) electrons. The van der Waals surface area contributed by atoms with Gasteiger partial charge in [-0.15, -0.1) is 0 Å². The smallest absolute Gasteiger partial charge is 0.354 e. The molecule has 150 valence electrons. The highest BCUT2D eigenvalue weighted by molar-refractivity contribution is 6.31. The van der Waals surface area contributed by atoms with Crippen LogP contribution in [0.15, 0.2) is 60.7 Å². The molecule has 0 fully saturated rings. The number of anilines is 1. The number of aromatic nitrogens is 3. The lowest BCUT2D eigenvalue weighted by Crippen LogP contribution is -2.12. The van der Waals surface area contributed by atoms with E-state index in [1.54, 1.807) is 42.5 Å². The Labute approximate surface area is 177 Å². The molecule has 0 unspecified atom stereocenters. The third-order valence-electron chi connectivity index (χ3n) is 4.68. The first kappa shape index (κ1) is 19.6. The number of nitrogens with one attached hydrogen (secondary N) is 1. The van der Waals surface area contributed by atoms with Crippen molar-refractivity contribution in [3.05, 3.63) is 88.3 Å². The highest BCUT2D eigenvalue weighted by Gasteiger charge is 2.14. The summed E-state index contributed by atoms with van der Waals surface area (Å²) >= 11 is 6.46. The quantitative estimate of drug-likeness (QED) is 0.499. The van der Waals surface area contributed by atoms with Crippen LogP contribution < -0.4 is 5.32 Å². The summed E-state index contributed by atoms with van der Waals surface area (Å²) in [4.78, 5) is 32.2. The molecule has 2 heterocycles. The highest BCUT2D eigenvalue weighted by Crippen LogP contribution is 2.24. The van der Waals surface area contributed by atoms with Crippen molar-refractivity contribution in [3.63, 3.8) is 0 Å². The van der Waals surface area contributed by atoms with Crippen molar-refractivity contribution in [3.8, 4) is 0 Å². The van der Waals surface area contributed by atoms with Gasteiger partial charge >= 0.3 is 5.97 Å². The van der Waals surface area contributed by atoms with E-state index in [2.05, 4.69) is 15.3 Å². The van der Waals surface area contributed by atoms with Crippen LogP contribution in [0.5, 0.6) is 0 Å². The maximum atomic E-state index is 12.3. The van der Waals surface area contributed by atoms with Crippen LogP contribution in [0, 0.1) is 6.92 Å². The van der Waals surface area contributed by atoms with E-state index < -0.39 is 5.97 Å². The van der Waals surface area contributed by atoms with Gasteiger partial charge in [-0.05, 0) is 48.9 Å². The maximum absolute atomic E-state index is 12.3. The summed E-state index contributed by atoms with van der Waals surface area (Å²) in [5.41, 5.74) is 2.97. The Morgan fingerprint density at radius 3 is 2.53 bits per heavy atom. The van der Waals surface area contributed by atoms with E-state index in [0.717, 1.165) is 5.56 Å². The Balaban J connectivity index is 1.60. The monoisotopic (exact) mass is 420 g/mol. The van der Waals surface area contributed by atoms with Gasteiger partial charge in [-0.25, -0.2) is 14.8 Å². The number of carbonyl (C=O) groups is 2. The van der Waals surface area contributed by atoms with Gasteiger partial charge in [-0.2, -0.15) is 0 Å². The number of carbonyl (C=O) groups excluding carboxylic acids is 1. The van der Waals surface area contributed by atoms with Gasteiger partial charge in [0.05, 0.1) is 6.54 Å². The Bertz CT molecular complexity index is 1270. The minimum absolute atomic E-state index is 0.0475. The van der Waals surface area contributed by atoms with Crippen LogP contribution in [0.2, 0.25) is 5.02 Å². The van der Waals surface area contributed by atoms with Crippen LogP contribution >= 0.6 is 11.6 Å². The van der Waals surface area contributed by atoms with Crippen molar-refractivity contribution in [2.45, 2.75) is 13.5 Å². The minimum Gasteiger partial charge on any atom is -0.477 e. The summed E-state index contributed by atoms with van der Waals surface area (Å²) in [5.74, 6) is -0.627. The molecule has 1 amide bonds. The number of rotatable bonds is 5. The maximum Gasteiger partial charge on any atom is 0.354 e. The number of hydrogen-bond acceptors (Lipinski definition) is 4. The third kappa shape index (κ3) is 3.88. The van der Waals surface area contributed by atoms with E-state index in [1.165, 1.54) is 6.07 Å². The molecule has 2 aromatic heterocycles. The highest BCUT2D eigenvalue weighted by atomic mass is 35.5. The van der Waals surface area contributed by atoms with Crippen molar-refractivity contribution in [1.82, 2.24) is 14.5 Å². The van der Waals surface area contributed by atoms with Crippen LogP contribution in [0.25, 0.3) is 11.2 Å². The standard InChI is InChI=1S/C22H17ClN4O3/c1-13-24-18-9-10-19(22(29)30)26-20(18)27(13)12-15-7-8-16(11-17(15)23)25-21(28)14-5-3-2-4-6-14/h2-11H,12H2,1H3,(H,25,28)(H,29,30). The molecule has 0 aliphatic rings. The lowest BCUT2D eigenvalue weighted by molar-refractivity contribution is 0.0690. The summed E-state index contributed by atoms with van der Waals surface area (Å²) in [6, 6.07) is 17.2. The average Bonchev–Trinajstić information content (AvgIpc) is 3.05. The fourth-order valence-electron chi connectivity index (χ4n) is 3.14. The number of fused-ring (bicyclic) bond motifs is 1. The molecule has 0 bridgehead atoms. The first-order chi connectivity index (χ1) is 14.4. The van der Waals surface area contributed by atoms with Crippen molar-refractivity contribution in [1.29, 1.82) is 0 Å². The summed E-state index contributed by atoms with van der Waals surface area (Å²) in [6.45, 7) is 2.19. The van der Waals surface area contributed by atoms with Gasteiger partial charge in [-0.3, -0.25) is 4.79 Å². The Morgan fingerprint density at radius 1 is 1.07 bits per heavy atom. The van der Waals surface area contributed by atoms with E-state index >= 15 is 0 Å². The number of halogens is 1. The molecule has 30 heavy (non-hydrogen) atoms. The van der Waals surface area contributed by atoms with Crippen molar-refractivity contribution < 1.29 is 14.7 Å². The van der Waals surface area contributed by atoms with Crippen molar-refractivity contribution >= 4 is 40.3 Å². The normalized spacial score (nSPS) is 10.9. The van der Waals surface area contributed by atoms with E-state index in [4.69, 9.17) is 11.6 Å². The van der Waals surface area contributed by atoms with Gasteiger partial charge in [0.2, 0.25) is 0 Å². The molecule has 4 rings (SSSR count). The zero-order chi connectivity index (χ0) is 21.3. The molecular weight excluding hydrogens is 404 g/mol. The van der Waals surface area contributed by atoms with Crippen LogP contribution in [0.3, 0.4) is 0 Å². The minimum atomic E-state index is -1.10. The second-order valence-corrected chi connectivity index (χ2v) is 7.12. The van der Waals surface area contributed by atoms with Crippen LogP contribution in [0.1, 0.15) is 32.2 Å². The molecular formula is C22H17ClN4O3. The van der Waals surface area contributed by atoms with Gasteiger partial charge < -0.3 is 15.0 Å². The molecule has 0 saturated heterocycles. The summed E-state index contributed by atoms with van der Waals surface area (Å²) < 4.78 is 1.81. The topological polar surface area (TPSA) is 97.1 Å². The fourth-order valence-corrected chi connectivity index (χ4v) is 3.38. The summed E-state index contributed by atoms with van der Waals surface area (Å²) in [6.07, 6.45) is 0. The Hall–Kier alpha value is -3.71. The zero-order valence-electron chi connectivity index (χ0n) is 16.0. The van der Waals surface area contributed by atoms with Crippen molar-refractivity contribution in [2.75, 3.05) is 5.32 Å². The van der Waals surface area contributed by atoms with Crippen molar-refractivity contribution in [2.24, 2.45) is 0 Å². The van der Waals surface area contributed by atoms with Gasteiger partial charge in [0.1, 0.15) is 11.3 Å². The van der Waals surface area contributed by atoms with Gasteiger partial charge in [0.25, 0.3) is 5.91 Å². The van der Waals surface area contributed by atoms with Crippen LogP contribution in [-0.2, 0) is 6.54 Å². The van der Waals surface area contributed by atoms with Crippen LogP contribution in [-0.4, -0.2) is 31.5 Å². The van der Waals surface area contributed by atoms with E-state index in [0.29, 0.717) is 39.8 Å². The predicted molar refractivity (Wildman–Crippen MR) is 114 cm³/mol. The summed E-state index contributed by atoms with van der Waals surface area (Å²) in [5, 5.41) is 12.5. The predicted octanol–water partition coefficient (Wildman–Crippen LogP) is 4.39. The number of pyridine rings is 1. The first-order valence-corrected chi connectivity index (χ1v) is 9.52. The lowest BCUT2D eigenvalue weighted by atomic mass is 10.1. The molecule has 7 nitrogen and oxygen atoms in total. The molecule has 0 spiro atoms. The van der Waals surface area contributed by atoms with E-state index in [-0.39, 0.29) is 11.6 Å². The van der Waals surface area contributed by atoms with E-state index in [9.17, 15) is 14.7 Å². The van der Waals surface area contributed by atoms with E-state index in [1.807, 2.05) is 23.6 Å². The number of aromatic carboxylic acids is 1. The van der Waals surface area contributed by atoms with Gasteiger partial charge in [0, 0.05) is 16.3 Å². The lowest BCUT2D eigenvalue weighted by Gasteiger charge is -2.11. The Morgan fingerprint density at radius 2 is 1.83 bits per heavy atom. The van der Waals surface area contributed by atoms with Gasteiger partial charge in [0.15, 0.2) is 11.3 Å². The molecule has 0 saturated carbocycles. The second-order valence-electron chi connectivity index (χ2n) is 6.72. The second kappa shape index (κ2) is 7.96. The average molecular weight is 421 g/mol. The number of imidazole rings is 1. The Kier molecular flexibility index (Phi) is 5.20. The number of hydrogen-bond donors (Lipinski definition) is 2. The largest absolute Gasteiger partial charge is 0.477 e. The number of amides is 1. The molecule has 0 aliphatic carbocycles. The fraction of sp³-hybridized carbons (Fsp3) is 0.0909. The molecule has 2 N–H and O–H groups in total. The first-order valence-electron chi connectivity index (χ1n) is 9.14. The number of benzene rings is 2. The number of carboxylic acids is 1. The van der Waals surface area contributed by atoms with Gasteiger partial charge in [-0.1, -0.05) is 35.9 Å². The number of aryl methyl sites for hydroxylation is 1. The zero-order valence-corrected chi connectivity index (χ0v) is 16.7. The van der Waals surface area contributed by atoms with Crippen LogP contribution in [0.4, 0.5) is 5.69 Å². The third-order valence-corrected chi connectivity index (χ3v) is 5.03. The summed E-state index contributed by atoms with van der Waals surface area (Å²) in [7, 11) is 0.